The monoisotopic (exact) mass is 236 g/mol. The van der Waals surface area contributed by atoms with Crippen LogP contribution < -0.4 is 0 Å². The molecule has 6 heteroatoms. The molecule has 0 atom stereocenters. The molecule has 0 unspecified atom stereocenters. The van der Waals surface area contributed by atoms with Crippen molar-refractivity contribution in [2.45, 2.75) is 6.92 Å². The molecule has 1 aromatic rings. The van der Waals surface area contributed by atoms with Crippen LogP contribution in [-0.4, -0.2) is 21.3 Å². The number of hydrogen-bond donors (Lipinski definition) is 3. The van der Waals surface area contributed by atoms with Crippen molar-refractivity contribution in [2.24, 2.45) is 0 Å². The van der Waals surface area contributed by atoms with E-state index in [4.69, 9.17) is 28.3 Å². The van der Waals surface area contributed by atoms with Gasteiger partial charge in [0.2, 0.25) is 0 Å². The smallest absolute Gasteiger partial charge is 0.339 e. The summed E-state index contributed by atoms with van der Waals surface area (Å²) < 4.78 is 0. The van der Waals surface area contributed by atoms with Crippen LogP contribution in [0, 0.1) is 6.92 Å². The van der Waals surface area contributed by atoms with Gasteiger partial charge in [-0.25, -0.2) is 4.79 Å². The Balaban J connectivity index is 3.68. The lowest BCUT2D eigenvalue weighted by atomic mass is 10.1. The summed E-state index contributed by atoms with van der Waals surface area (Å²) in [6, 6.07) is 0. The fraction of sp³-hybridized carbons (Fsp3) is 0.125. The predicted molar refractivity (Wildman–Crippen MR) is 51.5 cm³/mol. The summed E-state index contributed by atoms with van der Waals surface area (Å²) in [5.41, 5.74) is -0.337. The molecule has 3 N–H and O–H groups in total. The van der Waals surface area contributed by atoms with Crippen molar-refractivity contribution in [1.82, 2.24) is 0 Å². The second kappa shape index (κ2) is 3.55. The van der Waals surface area contributed by atoms with Crippen molar-refractivity contribution in [3.63, 3.8) is 0 Å². The molecule has 0 radical (unpaired) electrons. The van der Waals surface area contributed by atoms with E-state index < -0.39 is 23.0 Å². The average molecular weight is 237 g/mol. The molecule has 0 amide bonds. The summed E-state index contributed by atoms with van der Waals surface area (Å²) in [6.07, 6.45) is 0. The lowest BCUT2D eigenvalue weighted by Gasteiger charge is -2.09. The predicted octanol–water partition coefficient (Wildman–Crippen LogP) is 2.41. The Bertz CT molecular complexity index is 385. The fourth-order valence-corrected chi connectivity index (χ4v) is 1.46. The van der Waals surface area contributed by atoms with Gasteiger partial charge < -0.3 is 15.3 Å². The highest BCUT2D eigenvalue weighted by Crippen LogP contribution is 2.43. The molecule has 14 heavy (non-hydrogen) atoms. The van der Waals surface area contributed by atoms with Gasteiger partial charge in [0.05, 0.1) is 5.02 Å². The van der Waals surface area contributed by atoms with Gasteiger partial charge in [-0.3, -0.25) is 0 Å². The molecule has 76 valence electrons. The maximum absolute atomic E-state index is 10.7. The van der Waals surface area contributed by atoms with Crippen LogP contribution in [0.5, 0.6) is 11.5 Å². The number of carboxylic acid groups (broad SMARTS) is 1. The molecule has 0 heterocycles. The summed E-state index contributed by atoms with van der Waals surface area (Å²) in [4.78, 5) is 10.7. The Morgan fingerprint density at radius 3 is 2.07 bits per heavy atom. The highest BCUT2D eigenvalue weighted by molar-refractivity contribution is 6.44. The lowest BCUT2D eigenvalue weighted by molar-refractivity contribution is 0.0692. The standard InChI is InChI=1S/C8H6Cl2O4/c1-2-3(8(13)14)6(11)7(12)5(10)4(2)9/h11-12H,1H3,(H,13,14). The molecule has 4 nitrogen and oxygen atoms in total. The molecule has 0 spiro atoms. The van der Waals surface area contributed by atoms with Crippen molar-refractivity contribution < 1.29 is 20.1 Å². The molecular formula is C8H6Cl2O4. The zero-order valence-corrected chi connectivity index (χ0v) is 8.52. The number of hydrogen-bond acceptors (Lipinski definition) is 3. The fourth-order valence-electron chi connectivity index (χ4n) is 1.04. The zero-order valence-electron chi connectivity index (χ0n) is 7.01. The maximum Gasteiger partial charge on any atom is 0.339 e. The van der Waals surface area contributed by atoms with Crippen molar-refractivity contribution >= 4 is 29.2 Å². The number of rotatable bonds is 1. The van der Waals surface area contributed by atoms with Gasteiger partial charge in [-0.05, 0) is 12.5 Å². The van der Waals surface area contributed by atoms with Gasteiger partial charge in [0.15, 0.2) is 11.5 Å². The number of benzene rings is 1. The van der Waals surface area contributed by atoms with E-state index in [0.29, 0.717) is 0 Å². The van der Waals surface area contributed by atoms with Crippen LogP contribution in [0.25, 0.3) is 0 Å². The van der Waals surface area contributed by atoms with Gasteiger partial charge in [-0.1, -0.05) is 23.2 Å². The van der Waals surface area contributed by atoms with Gasteiger partial charge in [0, 0.05) is 0 Å². The molecule has 0 fully saturated rings. The van der Waals surface area contributed by atoms with Crippen molar-refractivity contribution in [3.8, 4) is 11.5 Å². The number of phenols is 2. The van der Waals surface area contributed by atoms with Crippen molar-refractivity contribution in [3.05, 3.63) is 21.2 Å². The second-order valence-corrected chi connectivity index (χ2v) is 3.39. The second-order valence-electron chi connectivity index (χ2n) is 2.63. The third-order valence-electron chi connectivity index (χ3n) is 1.78. The first-order chi connectivity index (χ1) is 6.37. The molecule has 0 aromatic heterocycles. The highest BCUT2D eigenvalue weighted by Gasteiger charge is 2.23. The summed E-state index contributed by atoms with van der Waals surface area (Å²) in [5.74, 6) is -2.88. The Hall–Kier alpha value is -1.13. The Morgan fingerprint density at radius 1 is 1.14 bits per heavy atom. The third kappa shape index (κ3) is 1.47. The number of phenolic OH excluding ortho intramolecular Hbond substituents is 1. The molecule has 0 aliphatic rings. The van der Waals surface area contributed by atoms with Gasteiger partial charge >= 0.3 is 5.97 Å². The van der Waals surface area contributed by atoms with E-state index in [-0.39, 0.29) is 15.6 Å². The maximum atomic E-state index is 10.7. The first-order valence-electron chi connectivity index (χ1n) is 3.50. The van der Waals surface area contributed by atoms with E-state index >= 15 is 0 Å². The van der Waals surface area contributed by atoms with E-state index in [9.17, 15) is 15.0 Å². The molecule has 0 bridgehead atoms. The average Bonchev–Trinajstić information content (AvgIpc) is 2.11. The Labute approximate surface area is 89.3 Å². The van der Waals surface area contributed by atoms with E-state index in [1.54, 1.807) is 0 Å². The van der Waals surface area contributed by atoms with E-state index in [2.05, 4.69) is 0 Å². The first kappa shape index (κ1) is 10.9. The van der Waals surface area contributed by atoms with Crippen LogP contribution in [0.3, 0.4) is 0 Å². The minimum Gasteiger partial charge on any atom is -0.504 e. The molecule has 0 saturated carbocycles. The lowest BCUT2D eigenvalue weighted by Crippen LogP contribution is -2.01. The quantitative estimate of drug-likeness (QED) is 0.655. The third-order valence-corrected chi connectivity index (χ3v) is 2.72. The summed E-state index contributed by atoms with van der Waals surface area (Å²) in [5, 5.41) is 26.9. The molecule has 0 aliphatic heterocycles. The van der Waals surface area contributed by atoms with Crippen LogP contribution in [0.2, 0.25) is 10.0 Å². The Morgan fingerprint density at radius 2 is 1.64 bits per heavy atom. The van der Waals surface area contributed by atoms with Gasteiger partial charge in [-0.2, -0.15) is 0 Å². The van der Waals surface area contributed by atoms with Crippen molar-refractivity contribution in [1.29, 1.82) is 0 Å². The number of aromatic hydroxyl groups is 2. The summed E-state index contributed by atoms with van der Waals surface area (Å²) >= 11 is 11.2. The number of carbonyl (C=O) groups is 1. The summed E-state index contributed by atoms with van der Waals surface area (Å²) in [7, 11) is 0. The first-order valence-corrected chi connectivity index (χ1v) is 4.26. The number of carboxylic acids is 1. The molecule has 1 rings (SSSR count). The van der Waals surface area contributed by atoms with Crippen LogP contribution in [-0.2, 0) is 0 Å². The normalized spacial score (nSPS) is 10.2. The van der Waals surface area contributed by atoms with E-state index in [1.807, 2.05) is 0 Å². The van der Waals surface area contributed by atoms with Crippen LogP contribution >= 0.6 is 23.2 Å². The molecular weight excluding hydrogens is 231 g/mol. The van der Waals surface area contributed by atoms with Gasteiger partial charge in [0.25, 0.3) is 0 Å². The molecule has 0 aliphatic carbocycles. The van der Waals surface area contributed by atoms with E-state index in [1.165, 1.54) is 6.92 Å². The zero-order chi connectivity index (χ0) is 11.0. The van der Waals surface area contributed by atoms with Crippen LogP contribution in [0.1, 0.15) is 15.9 Å². The Kier molecular flexibility index (Phi) is 2.78. The minimum atomic E-state index is -1.38. The molecule has 0 saturated heterocycles. The molecule has 1 aromatic carbocycles. The minimum absolute atomic E-state index is 0.0839. The largest absolute Gasteiger partial charge is 0.504 e. The SMILES string of the molecule is Cc1c(Cl)c(Cl)c(O)c(O)c1C(=O)O. The van der Waals surface area contributed by atoms with Crippen LogP contribution in [0.15, 0.2) is 0 Å². The summed E-state index contributed by atoms with van der Waals surface area (Å²) in [6.45, 7) is 1.39. The van der Waals surface area contributed by atoms with Gasteiger partial charge in [0.1, 0.15) is 10.6 Å². The number of halogens is 2. The van der Waals surface area contributed by atoms with E-state index in [0.717, 1.165) is 0 Å². The highest BCUT2D eigenvalue weighted by atomic mass is 35.5. The van der Waals surface area contributed by atoms with Crippen molar-refractivity contribution in [2.75, 3.05) is 0 Å². The van der Waals surface area contributed by atoms with Gasteiger partial charge in [-0.15, -0.1) is 0 Å². The van der Waals surface area contributed by atoms with Crippen LogP contribution in [0.4, 0.5) is 0 Å². The topological polar surface area (TPSA) is 77.8 Å². The number of aromatic carboxylic acids is 1.